The Morgan fingerprint density at radius 3 is 1.52 bits per heavy atom. The normalized spacial score (nSPS) is 12.9. The number of Topliss-reactive ketones (excluding diaryl/α,β-unsaturated/α-hetero) is 1. The zero-order chi connectivity index (χ0) is 61.7. The number of nitrogens with zero attached hydrogens (tertiary/aromatic N) is 1. The molecular weight excluding hydrogens is 1130 g/mol. The molecule has 0 aliphatic carbocycles. The van der Waals surface area contributed by atoms with Crippen LogP contribution in [-0.2, 0) is 101 Å². The number of nitro benzene ring substituents is 1. The minimum absolute atomic E-state index is 0.0562. The van der Waals surface area contributed by atoms with E-state index in [-0.39, 0.29) is 70.8 Å². The van der Waals surface area contributed by atoms with Gasteiger partial charge in [-0.05, 0) is 85.5 Å². The first-order valence-electron chi connectivity index (χ1n) is 27.9. The second kappa shape index (κ2) is 34.2. The molecule has 0 saturated carbocycles. The van der Waals surface area contributed by atoms with Gasteiger partial charge in [0.15, 0.2) is 5.78 Å². The number of carbonyl (C=O) groups is 7. The highest BCUT2D eigenvalue weighted by Gasteiger charge is 2.35. The number of rotatable bonds is 34. The smallest absolute Gasteiger partial charge is 0.407 e. The van der Waals surface area contributed by atoms with Crippen molar-refractivity contribution >= 4 is 55.1 Å². The maximum atomic E-state index is 15.0. The molecule has 0 spiro atoms. The molecule has 6 aromatic rings. The summed E-state index contributed by atoms with van der Waals surface area (Å²) in [6.07, 6.45) is -2.13. The van der Waals surface area contributed by atoms with Crippen molar-refractivity contribution in [2.75, 3.05) is 13.2 Å². The van der Waals surface area contributed by atoms with Crippen molar-refractivity contribution < 1.29 is 75.8 Å². The van der Waals surface area contributed by atoms with Crippen LogP contribution in [0, 0.1) is 16.0 Å². The fourth-order valence-electron chi connectivity index (χ4n) is 8.23. The number of nitro groups is 1. The lowest BCUT2D eigenvalue weighted by Crippen LogP contribution is -2.43. The van der Waals surface area contributed by atoms with E-state index in [2.05, 4.69) is 15.7 Å². The average molecular weight is 1200 g/mol. The second-order valence-electron chi connectivity index (χ2n) is 20.8. The number of ketones is 1. The lowest BCUT2D eigenvalue weighted by molar-refractivity contribution is -0.384. The summed E-state index contributed by atoms with van der Waals surface area (Å²) >= 11 is 0. The van der Waals surface area contributed by atoms with Gasteiger partial charge >= 0.3 is 37.7 Å². The molecule has 3 N–H and O–H groups in total. The molecule has 0 aliphatic heterocycles. The van der Waals surface area contributed by atoms with E-state index >= 15 is 4.57 Å². The monoisotopic (exact) mass is 1200 g/mol. The van der Waals surface area contributed by atoms with E-state index in [4.69, 9.17) is 32.7 Å². The van der Waals surface area contributed by atoms with Gasteiger partial charge in [0.1, 0.15) is 44.1 Å². The van der Waals surface area contributed by atoms with E-state index in [1.54, 1.807) is 160 Å². The predicted molar refractivity (Wildman–Crippen MR) is 315 cm³/mol. The molecule has 4 unspecified atom stereocenters. The Labute approximate surface area is 499 Å². The Morgan fingerprint density at radius 2 is 1.01 bits per heavy atom. The Kier molecular flexibility index (Phi) is 26.3. The number of carbonyl (C=O) groups excluding carboxylic acids is 7. The Bertz CT molecular complexity index is 3200. The molecule has 22 heteroatoms. The minimum atomic E-state index is -4.76. The van der Waals surface area contributed by atoms with E-state index < -0.39 is 97.6 Å². The average Bonchev–Trinajstić information content (AvgIpc) is 3.69. The molecule has 0 fully saturated rings. The molecule has 0 aromatic heterocycles. The summed E-state index contributed by atoms with van der Waals surface area (Å²) in [4.78, 5) is 106. The van der Waals surface area contributed by atoms with Crippen LogP contribution in [0.4, 0.5) is 10.5 Å². The number of nitrogens with one attached hydrogen (secondary N) is 3. The summed E-state index contributed by atoms with van der Waals surface area (Å²) < 4.78 is 54.5. The molecule has 0 radical (unpaired) electrons. The van der Waals surface area contributed by atoms with Gasteiger partial charge in [0.05, 0.1) is 24.1 Å². The van der Waals surface area contributed by atoms with Gasteiger partial charge in [-0.25, -0.2) is 19.2 Å². The summed E-state index contributed by atoms with van der Waals surface area (Å²) in [6.45, 7) is 3.91. The van der Waals surface area contributed by atoms with E-state index in [1.165, 1.54) is 24.3 Å². The number of hydrogen-bond donors (Lipinski definition) is 3. The third-order valence-electron chi connectivity index (χ3n) is 12.8. The molecule has 0 heterocycles. The molecule has 0 aliphatic rings. The SMILES string of the molecule is CC(C)(C)OC(=O)NCCc1ccc(C(=O)CC(CCC(=O)NC(CCOP(=O)(NC(CCC(=O)OCc2ccccc2)C(=O)OCc2ccccc2)OCc2ccc([N+](=O)[O-])cc2)C(=O)OCc2ccccc2)C(=O)OCc2ccccc2)cc1. The van der Waals surface area contributed by atoms with E-state index in [0.29, 0.717) is 39.8 Å². The summed E-state index contributed by atoms with van der Waals surface area (Å²) in [6, 6.07) is 44.0. The molecule has 6 rings (SSSR count). The zero-order valence-electron chi connectivity index (χ0n) is 48.1. The van der Waals surface area contributed by atoms with E-state index in [9.17, 15) is 43.7 Å². The summed E-state index contributed by atoms with van der Waals surface area (Å²) in [7, 11) is -4.76. The number of hydrogen-bond acceptors (Lipinski definition) is 17. The quantitative estimate of drug-likeness (QED) is 0.00845. The van der Waals surface area contributed by atoms with Crippen LogP contribution in [0.3, 0.4) is 0 Å². The molecule has 21 nitrogen and oxygen atoms in total. The summed E-state index contributed by atoms with van der Waals surface area (Å²) in [5.74, 6) is -5.56. The largest absolute Gasteiger partial charge is 0.461 e. The topological polar surface area (TPSA) is 280 Å². The molecular formula is C64H71N4O17P. The van der Waals surface area contributed by atoms with Crippen LogP contribution >= 0.6 is 7.75 Å². The Balaban J connectivity index is 1.18. The van der Waals surface area contributed by atoms with Crippen LogP contribution in [-0.4, -0.2) is 77.4 Å². The number of esters is 4. The van der Waals surface area contributed by atoms with Crippen LogP contribution in [0.25, 0.3) is 0 Å². The highest BCUT2D eigenvalue weighted by atomic mass is 31.2. The van der Waals surface area contributed by atoms with E-state index in [0.717, 1.165) is 5.56 Å². The van der Waals surface area contributed by atoms with Gasteiger partial charge in [-0.3, -0.25) is 43.1 Å². The van der Waals surface area contributed by atoms with Crippen LogP contribution in [0.1, 0.15) is 103 Å². The highest BCUT2D eigenvalue weighted by molar-refractivity contribution is 7.51. The molecule has 0 saturated heterocycles. The molecule has 4 atom stereocenters. The summed E-state index contributed by atoms with van der Waals surface area (Å²) in [5, 5.41) is 19.4. The first kappa shape index (κ1) is 66.3. The van der Waals surface area contributed by atoms with E-state index in [1.807, 2.05) is 6.07 Å². The van der Waals surface area contributed by atoms with Crippen molar-refractivity contribution in [1.82, 2.24) is 15.7 Å². The number of non-ortho nitro benzene ring substituents is 1. The van der Waals surface area contributed by atoms with Crippen molar-refractivity contribution in [3.05, 3.63) is 219 Å². The Hall–Kier alpha value is -8.88. The van der Waals surface area contributed by atoms with Crippen molar-refractivity contribution in [3.63, 3.8) is 0 Å². The van der Waals surface area contributed by atoms with Gasteiger partial charge in [0, 0.05) is 49.9 Å². The van der Waals surface area contributed by atoms with Crippen molar-refractivity contribution in [2.24, 2.45) is 5.92 Å². The number of alkyl carbamates (subject to hydrolysis) is 1. The highest BCUT2D eigenvalue weighted by Crippen LogP contribution is 2.46. The van der Waals surface area contributed by atoms with Gasteiger partial charge in [-0.1, -0.05) is 146 Å². The molecule has 2 amide bonds. The molecule has 86 heavy (non-hydrogen) atoms. The van der Waals surface area contributed by atoms with Crippen LogP contribution < -0.4 is 15.7 Å². The van der Waals surface area contributed by atoms with Crippen molar-refractivity contribution in [2.45, 2.75) is 116 Å². The van der Waals surface area contributed by atoms with Crippen LogP contribution in [0.2, 0.25) is 0 Å². The third kappa shape index (κ3) is 24.4. The maximum absolute atomic E-state index is 15.0. The first-order chi connectivity index (χ1) is 41.3. The molecule has 6 aromatic carbocycles. The predicted octanol–water partition coefficient (Wildman–Crippen LogP) is 10.6. The van der Waals surface area contributed by atoms with Gasteiger partial charge in [-0.2, -0.15) is 0 Å². The van der Waals surface area contributed by atoms with Crippen LogP contribution in [0.5, 0.6) is 0 Å². The summed E-state index contributed by atoms with van der Waals surface area (Å²) in [5.41, 5.74) is 3.19. The third-order valence-corrected chi connectivity index (χ3v) is 14.4. The van der Waals surface area contributed by atoms with Crippen LogP contribution in [0.15, 0.2) is 170 Å². The van der Waals surface area contributed by atoms with Gasteiger partial charge in [-0.15, -0.1) is 0 Å². The number of amides is 2. The first-order valence-corrected chi connectivity index (χ1v) is 29.4. The minimum Gasteiger partial charge on any atom is -0.461 e. The van der Waals surface area contributed by atoms with Crippen molar-refractivity contribution in [1.29, 1.82) is 0 Å². The van der Waals surface area contributed by atoms with Gasteiger partial charge < -0.3 is 34.3 Å². The number of ether oxygens (including phenoxy) is 5. The Morgan fingerprint density at radius 1 is 0.535 bits per heavy atom. The standard InChI is InChI=1S/C64H71N4O17P/c1-64(2,3)85-63(75)65-38-36-46-24-28-52(29-25-46)57(69)40-53(60(72)80-42-48-18-10-5-11-19-48)30-34-58(70)66-55(61(73)81-43-49-20-12-6-13-21-49)37-39-83-86(78,84-45-51-26-31-54(32-27-51)68(76)77)67-56(62(74)82-44-50-22-14-7-15-23-50)33-35-59(71)79-41-47-16-8-4-9-17-47/h4-29,31-32,53,55-56H,30,33-45H2,1-3H3,(H,65,75)(H,66,70)(H,67,78). The van der Waals surface area contributed by atoms with Gasteiger partial charge in [0.2, 0.25) is 5.91 Å². The lowest BCUT2D eigenvalue weighted by Gasteiger charge is -2.25. The van der Waals surface area contributed by atoms with Crippen molar-refractivity contribution in [3.8, 4) is 0 Å². The maximum Gasteiger partial charge on any atom is 0.407 e. The fourth-order valence-corrected chi connectivity index (χ4v) is 9.73. The molecule has 0 bridgehead atoms. The second-order valence-corrected chi connectivity index (χ2v) is 22.6. The number of benzene rings is 6. The lowest BCUT2D eigenvalue weighted by atomic mass is 9.93. The molecule has 454 valence electrons. The zero-order valence-corrected chi connectivity index (χ0v) is 49.0. The fraction of sp³-hybridized carbons (Fsp3) is 0.328. The van der Waals surface area contributed by atoms with Gasteiger partial charge in [0.25, 0.3) is 5.69 Å².